The molecule has 0 amide bonds. The zero-order valence-electron chi connectivity index (χ0n) is 22.7. The molecule has 0 bridgehead atoms. The number of hydrogen-bond donors (Lipinski definition) is 0. The second-order valence-electron chi connectivity index (χ2n) is 10.9. The van der Waals surface area contributed by atoms with Crippen LogP contribution in [0.3, 0.4) is 0 Å². The quantitative estimate of drug-likeness (QED) is 0.205. The fraction of sp³-hybridized carbons (Fsp3) is 0. The summed E-state index contributed by atoms with van der Waals surface area (Å²) in [4.78, 5) is 0. The maximum Gasteiger partial charge on any atom is 0.177 e. The average molecular weight is 537 g/mol. The van der Waals surface area contributed by atoms with Crippen molar-refractivity contribution in [1.29, 1.82) is 0 Å². The molecule has 0 aromatic heterocycles. The van der Waals surface area contributed by atoms with Gasteiger partial charge in [-0.3, -0.25) is 0 Å². The van der Waals surface area contributed by atoms with E-state index in [4.69, 9.17) is 9.47 Å². The molecule has 0 aliphatic carbocycles. The number of fused-ring (bicyclic) bond motifs is 9. The zero-order valence-corrected chi connectivity index (χ0v) is 22.7. The molecular weight excluding hydrogens is 512 g/mol. The normalized spacial score (nSPS) is 12.2. The third-order valence-corrected chi connectivity index (χ3v) is 8.52. The molecule has 0 saturated carbocycles. The number of rotatable bonds is 2. The largest absolute Gasteiger partial charge is 0.449 e. The lowest BCUT2D eigenvalue weighted by atomic mass is 9.90. The van der Waals surface area contributed by atoms with Crippen LogP contribution in [-0.2, 0) is 0 Å². The summed E-state index contributed by atoms with van der Waals surface area (Å²) in [6, 6.07) is 51.5. The van der Waals surface area contributed by atoms with Crippen molar-refractivity contribution >= 4 is 43.1 Å². The predicted molar refractivity (Wildman–Crippen MR) is 174 cm³/mol. The van der Waals surface area contributed by atoms with Crippen molar-refractivity contribution in [1.82, 2.24) is 0 Å². The molecule has 42 heavy (non-hydrogen) atoms. The minimum Gasteiger partial charge on any atom is -0.449 e. The molecule has 0 unspecified atom stereocenters. The molecule has 8 aromatic rings. The molecule has 2 nitrogen and oxygen atoms in total. The van der Waals surface area contributed by atoms with E-state index in [1.54, 1.807) is 0 Å². The van der Waals surface area contributed by atoms with E-state index in [9.17, 15) is 0 Å². The predicted octanol–water partition coefficient (Wildman–Crippen LogP) is 11.5. The first kappa shape index (κ1) is 23.1. The van der Waals surface area contributed by atoms with E-state index in [-0.39, 0.29) is 0 Å². The van der Waals surface area contributed by atoms with Gasteiger partial charge in [-0.05, 0) is 84.2 Å². The number of para-hydroxylation sites is 2. The van der Waals surface area contributed by atoms with Gasteiger partial charge in [0.25, 0.3) is 0 Å². The molecule has 1 heterocycles. The minimum absolute atomic E-state index is 0.734. The highest BCUT2D eigenvalue weighted by Crippen LogP contribution is 2.51. The first-order chi connectivity index (χ1) is 20.8. The second-order valence-corrected chi connectivity index (χ2v) is 10.9. The van der Waals surface area contributed by atoms with E-state index >= 15 is 0 Å². The van der Waals surface area contributed by atoms with E-state index in [1.165, 1.54) is 43.4 Å². The molecule has 8 aromatic carbocycles. The van der Waals surface area contributed by atoms with Gasteiger partial charge in [-0.2, -0.15) is 0 Å². The third kappa shape index (κ3) is 3.45. The maximum atomic E-state index is 6.34. The summed E-state index contributed by atoms with van der Waals surface area (Å²) in [5.41, 5.74) is 4.69. The van der Waals surface area contributed by atoms with Crippen molar-refractivity contribution in [3.8, 4) is 45.3 Å². The van der Waals surface area contributed by atoms with Gasteiger partial charge >= 0.3 is 0 Å². The van der Waals surface area contributed by atoms with Gasteiger partial charge in [-0.1, -0.05) is 121 Å². The standard InChI is InChI=1S/C40H24O2/c1-2-10-28-25(9-1)21-22-32-29-11-3-4-12-30(29)34(23-36(28)32)26-17-19-27(20-18-26)35-24-39-40(33-14-6-5-13-31(33)35)42-38-16-8-7-15-37(38)41-39/h1-24H. The van der Waals surface area contributed by atoms with Gasteiger partial charge in [0.1, 0.15) is 0 Å². The summed E-state index contributed by atoms with van der Waals surface area (Å²) < 4.78 is 12.7. The van der Waals surface area contributed by atoms with Crippen molar-refractivity contribution in [2.45, 2.75) is 0 Å². The zero-order chi connectivity index (χ0) is 27.6. The monoisotopic (exact) mass is 536 g/mol. The molecule has 1 aliphatic heterocycles. The number of benzene rings is 8. The van der Waals surface area contributed by atoms with Crippen molar-refractivity contribution in [3.05, 3.63) is 146 Å². The molecule has 0 spiro atoms. The van der Waals surface area contributed by atoms with Gasteiger partial charge in [-0.25, -0.2) is 0 Å². The van der Waals surface area contributed by atoms with Gasteiger partial charge in [-0.15, -0.1) is 0 Å². The minimum atomic E-state index is 0.734. The van der Waals surface area contributed by atoms with Crippen LogP contribution < -0.4 is 9.47 Å². The first-order valence-electron chi connectivity index (χ1n) is 14.3. The Morgan fingerprint density at radius 2 is 0.833 bits per heavy atom. The lowest BCUT2D eigenvalue weighted by Gasteiger charge is -2.23. The lowest BCUT2D eigenvalue weighted by Crippen LogP contribution is -2.00. The Balaban J connectivity index is 1.21. The molecule has 196 valence electrons. The van der Waals surface area contributed by atoms with Crippen LogP contribution in [0.4, 0.5) is 0 Å². The van der Waals surface area contributed by atoms with E-state index in [0.717, 1.165) is 44.9 Å². The van der Waals surface area contributed by atoms with Crippen LogP contribution in [0, 0.1) is 0 Å². The van der Waals surface area contributed by atoms with Crippen LogP contribution in [0.25, 0.3) is 65.3 Å². The van der Waals surface area contributed by atoms with Crippen LogP contribution in [-0.4, -0.2) is 0 Å². The maximum absolute atomic E-state index is 6.34. The molecule has 0 fully saturated rings. The van der Waals surface area contributed by atoms with Crippen molar-refractivity contribution < 1.29 is 9.47 Å². The summed E-state index contributed by atoms with van der Waals surface area (Å²) >= 11 is 0. The highest BCUT2D eigenvalue weighted by Gasteiger charge is 2.23. The van der Waals surface area contributed by atoms with Gasteiger partial charge in [0.05, 0.1) is 0 Å². The van der Waals surface area contributed by atoms with Crippen LogP contribution in [0.5, 0.6) is 23.0 Å². The Labute approximate surface area is 243 Å². The van der Waals surface area contributed by atoms with Crippen LogP contribution >= 0.6 is 0 Å². The van der Waals surface area contributed by atoms with Gasteiger partial charge < -0.3 is 9.47 Å². The number of hydrogen-bond acceptors (Lipinski definition) is 2. The Morgan fingerprint density at radius 1 is 0.310 bits per heavy atom. The van der Waals surface area contributed by atoms with E-state index in [2.05, 4.69) is 115 Å². The summed E-state index contributed by atoms with van der Waals surface area (Å²) in [6.45, 7) is 0. The van der Waals surface area contributed by atoms with Gasteiger partial charge in [0.15, 0.2) is 23.0 Å². The van der Waals surface area contributed by atoms with Crippen LogP contribution in [0.2, 0.25) is 0 Å². The van der Waals surface area contributed by atoms with Gasteiger partial charge in [0.2, 0.25) is 0 Å². The summed E-state index contributed by atoms with van der Waals surface area (Å²) in [5.74, 6) is 2.97. The van der Waals surface area contributed by atoms with Crippen molar-refractivity contribution in [2.75, 3.05) is 0 Å². The molecule has 1 aliphatic rings. The first-order valence-corrected chi connectivity index (χ1v) is 14.3. The Hall–Kier alpha value is -5.60. The van der Waals surface area contributed by atoms with Crippen LogP contribution in [0.1, 0.15) is 0 Å². The Kier molecular flexibility index (Phi) is 4.93. The van der Waals surface area contributed by atoms with E-state index in [1.807, 2.05) is 30.3 Å². The number of ether oxygens (including phenoxy) is 2. The fourth-order valence-electron chi connectivity index (χ4n) is 6.52. The Morgan fingerprint density at radius 3 is 1.57 bits per heavy atom. The van der Waals surface area contributed by atoms with Gasteiger partial charge in [0, 0.05) is 5.39 Å². The molecule has 9 rings (SSSR count). The third-order valence-electron chi connectivity index (χ3n) is 8.52. The molecule has 0 N–H and O–H groups in total. The summed E-state index contributed by atoms with van der Waals surface area (Å²) in [7, 11) is 0. The SMILES string of the molecule is c1ccc2c(c1)Oc1cc(-c3ccc(-c4cc5c6ccccc6ccc5c5ccccc45)cc3)c3ccccc3c1O2. The topological polar surface area (TPSA) is 18.5 Å². The average Bonchev–Trinajstić information content (AvgIpc) is 3.06. The van der Waals surface area contributed by atoms with E-state index in [0.29, 0.717) is 0 Å². The Bertz CT molecular complexity index is 2350. The lowest BCUT2D eigenvalue weighted by molar-refractivity contribution is 0.363. The molecule has 0 saturated heterocycles. The van der Waals surface area contributed by atoms with Crippen molar-refractivity contribution in [3.63, 3.8) is 0 Å². The smallest absolute Gasteiger partial charge is 0.177 e. The second kappa shape index (κ2) is 8.95. The summed E-state index contributed by atoms with van der Waals surface area (Å²) in [5, 5.41) is 9.82. The molecular formula is C40H24O2. The highest BCUT2D eigenvalue weighted by atomic mass is 16.6. The summed E-state index contributed by atoms with van der Waals surface area (Å²) in [6.07, 6.45) is 0. The molecule has 2 heteroatoms. The molecule has 0 radical (unpaired) electrons. The fourth-order valence-corrected chi connectivity index (χ4v) is 6.52. The highest BCUT2D eigenvalue weighted by molar-refractivity contribution is 6.21. The van der Waals surface area contributed by atoms with Crippen LogP contribution in [0.15, 0.2) is 146 Å². The molecule has 0 atom stereocenters. The van der Waals surface area contributed by atoms with Crippen molar-refractivity contribution in [2.24, 2.45) is 0 Å². The van der Waals surface area contributed by atoms with E-state index < -0.39 is 0 Å².